The maximum Gasteiger partial charge on any atom is 0.247 e. The zero-order valence-electron chi connectivity index (χ0n) is 18.0. The smallest absolute Gasteiger partial charge is 0.247 e. The van der Waals surface area contributed by atoms with Gasteiger partial charge in [-0.2, -0.15) is 0 Å². The number of benzene rings is 2. The maximum atomic E-state index is 13.1. The van der Waals surface area contributed by atoms with E-state index in [4.69, 9.17) is 5.73 Å². The molecular weight excluding hydrogens is 402 g/mol. The fraction of sp³-hybridized carbons (Fsp3) is 0.320. The Kier molecular flexibility index (Phi) is 7.09. The first-order valence-electron chi connectivity index (χ1n) is 11.1. The van der Waals surface area contributed by atoms with Gasteiger partial charge in [-0.1, -0.05) is 48.5 Å². The van der Waals surface area contributed by atoms with Crippen molar-refractivity contribution in [3.63, 3.8) is 0 Å². The van der Waals surface area contributed by atoms with Crippen LogP contribution in [-0.2, 0) is 16.0 Å². The molecule has 1 unspecified atom stereocenters. The van der Waals surface area contributed by atoms with Crippen LogP contribution in [0.3, 0.4) is 0 Å². The van der Waals surface area contributed by atoms with Gasteiger partial charge in [0.2, 0.25) is 11.8 Å². The van der Waals surface area contributed by atoms with Crippen molar-refractivity contribution < 1.29 is 9.59 Å². The molecule has 0 radical (unpaired) electrons. The summed E-state index contributed by atoms with van der Waals surface area (Å²) in [6.07, 6.45) is 3.50. The summed E-state index contributed by atoms with van der Waals surface area (Å²) in [5, 5.41) is 10.0. The van der Waals surface area contributed by atoms with E-state index in [2.05, 4.69) is 20.9 Å². The zero-order valence-corrected chi connectivity index (χ0v) is 18.0. The monoisotopic (exact) mass is 431 g/mol. The van der Waals surface area contributed by atoms with E-state index >= 15 is 0 Å². The van der Waals surface area contributed by atoms with Gasteiger partial charge in [0.15, 0.2) is 0 Å². The molecule has 1 aliphatic heterocycles. The fourth-order valence-corrected chi connectivity index (χ4v) is 4.05. The lowest BCUT2D eigenvalue weighted by Gasteiger charge is -2.21. The van der Waals surface area contributed by atoms with E-state index in [1.807, 2.05) is 60.7 Å². The molecule has 0 bridgehead atoms. The normalized spacial score (nSPS) is 18.9. The summed E-state index contributed by atoms with van der Waals surface area (Å²) in [5.41, 5.74) is 8.33. The quantitative estimate of drug-likeness (QED) is 0.437. The first-order valence-corrected chi connectivity index (χ1v) is 11.1. The van der Waals surface area contributed by atoms with Crippen molar-refractivity contribution in [3.8, 4) is 0 Å². The minimum Gasteiger partial charge on any atom is -0.343 e. The molecule has 7 heteroatoms. The standard InChI is InChI=1S/C25H29N5O2/c26-14-18-12-23(27-15-18)25(32)30-22(11-10-17-6-2-1-3-7-17)24(31)29-20-13-19-8-4-5-9-21(19)28-16-20/h1-9,13,16,18,22-23,27H,10-12,14-15,26H2,(H,29,31)(H,30,32)/t18-,22?,23-/m0/s1. The molecule has 1 fully saturated rings. The van der Waals surface area contributed by atoms with E-state index in [0.29, 0.717) is 31.5 Å². The van der Waals surface area contributed by atoms with Crippen LogP contribution >= 0.6 is 0 Å². The number of carbonyl (C=O) groups excluding carboxylic acids is 2. The van der Waals surface area contributed by atoms with Crippen LogP contribution in [0.5, 0.6) is 0 Å². The summed E-state index contributed by atoms with van der Waals surface area (Å²) >= 11 is 0. The number of aryl methyl sites for hydroxylation is 1. The molecule has 0 aliphatic carbocycles. The Morgan fingerprint density at radius 2 is 1.91 bits per heavy atom. The Hall–Kier alpha value is -3.29. The molecule has 0 saturated carbocycles. The Morgan fingerprint density at radius 3 is 2.69 bits per heavy atom. The summed E-state index contributed by atoms with van der Waals surface area (Å²) in [6, 6.07) is 18.6. The number of carbonyl (C=O) groups is 2. The number of rotatable bonds is 8. The average Bonchev–Trinajstić information content (AvgIpc) is 3.32. The predicted octanol–water partition coefficient (Wildman–Crippen LogP) is 2.23. The third-order valence-electron chi connectivity index (χ3n) is 5.93. The Bertz CT molecular complexity index is 1070. The molecule has 2 aromatic carbocycles. The molecule has 1 saturated heterocycles. The largest absolute Gasteiger partial charge is 0.343 e. The average molecular weight is 432 g/mol. The van der Waals surface area contributed by atoms with Crippen LogP contribution in [0, 0.1) is 5.92 Å². The van der Waals surface area contributed by atoms with Crippen LogP contribution in [0.4, 0.5) is 5.69 Å². The number of hydrogen-bond acceptors (Lipinski definition) is 5. The van der Waals surface area contributed by atoms with E-state index in [1.165, 1.54) is 0 Å². The van der Waals surface area contributed by atoms with Gasteiger partial charge in [0.1, 0.15) is 6.04 Å². The third kappa shape index (κ3) is 5.49. The van der Waals surface area contributed by atoms with E-state index < -0.39 is 6.04 Å². The Balaban J connectivity index is 1.46. The van der Waals surface area contributed by atoms with Crippen LogP contribution in [0.25, 0.3) is 10.9 Å². The van der Waals surface area contributed by atoms with Gasteiger partial charge < -0.3 is 21.7 Å². The highest BCUT2D eigenvalue weighted by molar-refractivity contribution is 5.99. The van der Waals surface area contributed by atoms with Crippen molar-refractivity contribution in [2.45, 2.75) is 31.3 Å². The van der Waals surface area contributed by atoms with Gasteiger partial charge in [-0.05, 0) is 56.0 Å². The number of hydrogen-bond donors (Lipinski definition) is 4. The summed E-state index contributed by atoms with van der Waals surface area (Å²) in [4.78, 5) is 30.4. The van der Waals surface area contributed by atoms with Crippen LogP contribution in [0.1, 0.15) is 18.4 Å². The number of nitrogens with two attached hydrogens (primary N) is 1. The first-order chi connectivity index (χ1) is 15.6. The van der Waals surface area contributed by atoms with E-state index in [1.54, 1.807) is 6.20 Å². The maximum absolute atomic E-state index is 13.1. The molecule has 2 heterocycles. The zero-order chi connectivity index (χ0) is 22.3. The molecule has 4 rings (SSSR count). The summed E-state index contributed by atoms with van der Waals surface area (Å²) in [5.74, 6) is -0.128. The molecule has 32 heavy (non-hydrogen) atoms. The molecule has 2 amide bonds. The minimum absolute atomic E-state index is 0.161. The third-order valence-corrected chi connectivity index (χ3v) is 5.93. The number of amides is 2. The van der Waals surface area contributed by atoms with Crippen molar-refractivity contribution in [1.82, 2.24) is 15.6 Å². The second kappa shape index (κ2) is 10.3. The highest BCUT2D eigenvalue weighted by Gasteiger charge is 2.31. The summed E-state index contributed by atoms with van der Waals surface area (Å²) < 4.78 is 0. The first kappa shape index (κ1) is 21.9. The van der Waals surface area contributed by atoms with Gasteiger partial charge in [0, 0.05) is 5.39 Å². The molecule has 3 atom stereocenters. The number of fused-ring (bicyclic) bond motifs is 1. The second-order valence-corrected chi connectivity index (χ2v) is 8.29. The van der Waals surface area contributed by atoms with Crippen LogP contribution in [-0.4, -0.2) is 42.0 Å². The predicted molar refractivity (Wildman–Crippen MR) is 126 cm³/mol. The van der Waals surface area contributed by atoms with Gasteiger partial charge in [-0.3, -0.25) is 14.6 Å². The molecule has 7 nitrogen and oxygen atoms in total. The number of aromatic nitrogens is 1. The van der Waals surface area contributed by atoms with Gasteiger partial charge in [-0.15, -0.1) is 0 Å². The highest BCUT2D eigenvalue weighted by Crippen LogP contribution is 2.17. The highest BCUT2D eigenvalue weighted by atomic mass is 16.2. The van der Waals surface area contributed by atoms with Crippen molar-refractivity contribution in [3.05, 3.63) is 72.4 Å². The van der Waals surface area contributed by atoms with Gasteiger partial charge >= 0.3 is 0 Å². The summed E-state index contributed by atoms with van der Waals surface area (Å²) in [6.45, 7) is 1.27. The number of para-hydroxylation sites is 1. The Morgan fingerprint density at radius 1 is 1.12 bits per heavy atom. The molecule has 3 aromatic rings. The molecule has 5 N–H and O–H groups in total. The molecule has 0 spiro atoms. The van der Waals surface area contributed by atoms with Crippen LogP contribution in [0.15, 0.2) is 66.9 Å². The second-order valence-electron chi connectivity index (χ2n) is 8.29. The topological polar surface area (TPSA) is 109 Å². The molecule has 166 valence electrons. The fourth-order valence-electron chi connectivity index (χ4n) is 4.05. The van der Waals surface area contributed by atoms with E-state index in [-0.39, 0.29) is 23.8 Å². The van der Waals surface area contributed by atoms with Crippen molar-refractivity contribution in [2.24, 2.45) is 11.7 Å². The Labute approximate surface area is 187 Å². The molecule has 1 aliphatic rings. The van der Waals surface area contributed by atoms with E-state index in [0.717, 1.165) is 23.0 Å². The van der Waals surface area contributed by atoms with Crippen molar-refractivity contribution in [1.29, 1.82) is 0 Å². The number of pyridine rings is 1. The van der Waals surface area contributed by atoms with Gasteiger partial charge in [0.05, 0.1) is 23.4 Å². The summed E-state index contributed by atoms with van der Waals surface area (Å²) in [7, 11) is 0. The number of anilines is 1. The van der Waals surface area contributed by atoms with Crippen LogP contribution < -0.4 is 21.7 Å². The SMILES string of the molecule is NC[C@H]1CN[C@H](C(=O)NC(CCc2ccccc2)C(=O)Nc2cnc3ccccc3c2)C1. The van der Waals surface area contributed by atoms with Crippen molar-refractivity contribution in [2.75, 3.05) is 18.4 Å². The van der Waals surface area contributed by atoms with Gasteiger partial charge in [-0.25, -0.2) is 0 Å². The molecule has 1 aromatic heterocycles. The number of nitrogens with one attached hydrogen (secondary N) is 3. The molecular formula is C25H29N5O2. The van der Waals surface area contributed by atoms with E-state index in [9.17, 15) is 9.59 Å². The van der Waals surface area contributed by atoms with Gasteiger partial charge in [0.25, 0.3) is 0 Å². The van der Waals surface area contributed by atoms with Crippen LogP contribution in [0.2, 0.25) is 0 Å². The number of nitrogens with zero attached hydrogens (tertiary/aromatic N) is 1. The van der Waals surface area contributed by atoms with Crippen molar-refractivity contribution >= 4 is 28.4 Å². The lowest BCUT2D eigenvalue weighted by molar-refractivity contribution is -0.127. The minimum atomic E-state index is -0.659. The lowest BCUT2D eigenvalue weighted by Crippen LogP contribution is -2.50. The lowest BCUT2D eigenvalue weighted by atomic mass is 10.0.